The molecule has 0 saturated carbocycles. The quantitative estimate of drug-likeness (QED) is 0.803. The van der Waals surface area contributed by atoms with Gasteiger partial charge in [0.1, 0.15) is 5.69 Å². The van der Waals surface area contributed by atoms with Gasteiger partial charge in [0.15, 0.2) is 0 Å². The minimum Gasteiger partial charge on any atom is -0.381 e. The SMILES string of the molecule is O=C(NCC1(c2ccccc2)CCOCC1)c1nc(N2CCCC2)nc2c1CCCC2. The molecule has 2 fully saturated rings. The smallest absolute Gasteiger partial charge is 0.270 e. The summed E-state index contributed by atoms with van der Waals surface area (Å²) < 4.78 is 5.65. The number of hydrogen-bond donors (Lipinski definition) is 1. The Morgan fingerprint density at radius 2 is 1.74 bits per heavy atom. The molecule has 1 aromatic heterocycles. The van der Waals surface area contributed by atoms with Gasteiger partial charge in [-0.2, -0.15) is 0 Å². The summed E-state index contributed by atoms with van der Waals surface area (Å²) in [4.78, 5) is 25.4. The van der Waals surface area contributed by atoms with Crippen LogP contribution >= 0.6 is 0 Å². The minimum absolute atomic E-state index is 0.0530. The van der Waals surface area contributed by atoms with E-state index in [1.807, 2.05) is 6.07 Å². The van der Waals surface area contributed by atoms with Crippen LogP contribution in [-0.2, 0) is 23.0 Å². The Kier molecular flexibility index (Phi) is 5.90. The third-order valence-corrected chi connectivity index (χ3v) is 7.20. The number of carbonyl (C=O) groups excluding carboxylic acids is 1. The molecule has 1 N–H and O–H groups in total. The largest absolute Gasteiger partial charge is 0.381 e. The van der Waals surface area contributed by atoms with Crippen LogP contribution in [-0.4, -0.2) is 48.7 Å². The molecule has 5 rings (SSSR count). The number of benzene rings is 1. The van der Waals surface area contributed by atoms with Crippen molar-refractivity contribution in [3.05, 3.63) is 52.8 Å². The normalized spacial score (nSPS) is 20.3. The van der Waals surface area contributed by atoms with E-state index in [1.54, 1.807) is 0 Å². The zero-order chi connectivity index (χ0) is 21.1. The minimum atomic E-state index is -0.0833. The number of nitrogens with one attached hydrogen (secondary N) is 1. The molecule has 2 aromatic rings. The van der Waals surface area contributed by atoms with Crippen molar-refractivity contribution in [2.75, 3.05) is 37.7 Å². The highest BCUT2D eigenvalue weighted by Crippen LogP contribution is 2.34. The molecule has 0 unspecified atom stereocenters. The van der Waals surface area contributed by atoms with Gasteiger partial charge in [-0.3, -0.25) is 4.79 Å². The van der Waals surface area contributed by atoms with Gasteiger partial charge in [-0.15, -0.1) is 0 Å². The van der Waals surface area contributed by atoms with Gasteiger partial charge >= 0.3 is 0 Å². The molecule has 2 saturated heterocycles. The Morgan fingerprint density at radius 1 is 1.00 bits per heavy atom. The number of aryl methyl sites for hydroxylation is 1. The molecular weight excluding hydrogens is 388 g/mol. The number of rotatable bonds is 5. The third kappa shape index (κ3) is 4.18. The highest BCUT2D eigenvalue weighted by Gasteiger charge is 2.35. The standard InChI is InChI=1S/C25H32N4O2/c30-23(26-18-25(12-16-31-17-13-25)19-8-2-1-3-9-19)22-20-10-4-5-11-21(20)27-24(28-22)29-14-6-7-15-29/h1-3,8-9H,4-7,10-18H2,(H,26,30). The highest BCUT2D eigenvalue weighted by molar-refractivity contribution is 5.94. The van der Waals surface area contributed by atoms with E-state index >= 15 is 0 Å². The van der Waals surface area contributed by atoms with Gasteiger partial charge in [0.05, 0.1) is 0 Å². The van der Waals surface area contributed by atoms with Crippen LogP contribution in [0.25, 0.3) is 0 Å². The van der Waals surface area contributed by atoms with Gasteiger partial charge in [-0.25, -0.2) is 9.97 Å². The lowest BCUT2D eigenvalue weighted by atomic mass is 9.74. The zero-order valence-electron chi connectivity index (χ0n) is 18.2. The van der Waals surface area contributed by atoms with E-state index in [1.165, 1.54) is 18.4 Å². The van der Waals surface area contributed by atoms with Gasteiger partial charge in [0.25, 0.3) is 5.91 Å². The second-order valence-corrected chi connectivity index (χ2v) is 9.14. The van der Waals surface area contributed by atoms with E-state index in [2.05, 4.69) is 34.5 Å². The van der Waals surface area contributed by atoms with Crippen molar-refractivity contribution in [3.8, 4) is 0 Å². The molecule has 0 spiro atoms. The molecule has 0 radical (unpaired) electrons. The van der Waals surface area contributed by atoms with Crippen LogP contribution in [0.5, 0.6) is 0 Å². The topological polar surface area (TPSA) is 67.3 Å². The van der Waals surface area contributed by atoms with Crippen LogP contribution in [0.4, 0.5) is 5.95 Å². The van der Waals surface area contributed by atoms with Gasteiger partial charge in [0, 0.05) is 49.5 Å². The molecule has 3 heterocycles. The van der Waals surface area contributed by atoms with E-state index in [4.69, 9.17) is 14.7 Å². The Labute approximate surface area is 184 Å². The highest BCUT2D eigenvalue weighted by atomic mass is 16.5. The number of nitrogens with zero attached hydrogens (tertiary/aromatic N) is 3. The fourth-order valence-corrected chi connectivity index (χ4v) is 5.28. The zero-order valence-corrected chi connectivity index (χ0v) is 18.2. The van der Waals surface area contributed by atoms with Crippen molar-refractivity contribution in [2.24, 2.45) is 0 Å². The molecule has 6 heteroatoms. The van der Waals surface area contributed by atoms with Crippen LogP contribution in [0.2, 0.25) is 0 Å². The number of carbonyl (C=O) groups is 1. The summed E-state index contributed by atoms with van der Waals surface area (Å²) in [6.07, 6.45) is 8.26. The lowest BCUT2D eigenvalue weighted by Gasteiger charge is -2.38. The Morgan fingerprint density at radius 3 is 2.52 bits per heavy atom. The predicted octanol–water partition coefficient (Wildman–Crippen LogP) is 3.43. The van der Waals surface area contributed by atoms with Gasteiger partial charge in [-0.1, -0.05) is 30.3 Å². The van der Waals surface area contributed by atoms with E-state index in [9.17, 15) is 4.79 Å². The summed E-state index contributed by atoms with van der Waals surface area (Å²) in [5.41, 5.74) is 3.94. The van der Waals surface area contributed by atoms with Crippen molar-refractivity contribution >= 4 is 11.9 Å². The van der Waals surface area contributed by atoms with E-state index in [-0.39, 0.29) is 11.3 Å². The molecule has 2 aliphatic heterocycles. The van der Waals surface area contributed by atoms with Crippen molar-refractivity contribution in [1.29, 1.82) is 0 Å². The maximum absolute atomic E-state index is 13.4. The first-order chi connectivity index (χ1) is 15.3. The Hall–Kier alpha value is -2.47. The van der Waals surface area contributed by atoms with Gasteiger partial charge < -0.3 is 15.0 Å². The first kappa shape index (κ1) is 20.4. The second kappa shape index (κ2) is 8.95. The maximum Gasteiger partial charge on any atom is 0.270 e. The summed E-state index contributed by atoms with van der Waals surface area (Å²) >= 11 is 0. The number of aromatic nitrogens is 2. The first-order valence-corrected chi connectivity index (χ1v) is 11.8. The number of ether oxygens (including phenoxy) is 1. The molecule has 0 bridgehead atoms. The van der Waals surface area contributed by atoms with Crippen LogP contribution in [0.3, 0.4) is 0 Å². The second-order valence-electron chi connectivity index (χ2n) is 9.14. The fraction of sp³-hybridized carbons (Fsp3) is 0.560. The maximum atomic E-state index is 13.4. The van der Waals surface area contributed by atoms with Crippen molar-refractivity contribution in [2.45, 2.75) is 56.8 Å². The van der Waals surface area contributed by atoms with E-state index < -0.39 is 0 Å². The van der Waals surface area contributed by atoms with Crippen molar-refractivity contribution in [3.63, 3.8) is 0 Å². The number of amides is 1. The van der Waals surface area contributed by atoms with Crippen LogP contribution in [0.15, 0.2) is 30.3 Å². The van der Waals surface area contributed by atoms with Gasteiger partial charge in [-0.05, 0) is 56.9 Å². The monoisotopic (exact) mass is 420 g/mol. The first-order valence-electron chi connectivity index (χ1n) is 11.8. The van der Waals surface area contributed by atoms with Crippen LogP contribution in [0.1, 0.15) is 65.8 Å². The molecule has 1 aromatic carbocycles. The molecule has 164 valence electrons. The number of anilines is 1. The molecular formula is C25H32N4O2. The molecule has 6 nitrogen and oxygen atoms in total. The molecule has 31 heavy (non-hydrogen) atoms. The molecule has 1 aliphatic carbocycles. The Balaban J connectivity index is 1.41. The fourth-order valence-electron chi connectivity index (χ4n) is 5.28. The summed E-state index contributed by atoms with van der Waals surface area (Å²) in [7, 11) is 0. The van der Waals surface area contributed by atoms with Crippen molar-refractivity contribution in [1.82, 2.24) is 15.3 Å². The summed E-state index contributed by atoms with van der Waals surface area (Å²) in [5.74, 6) is 0.690. The molecule has 1 amide bonds. The Bertz CT molecular complexity index is 919. The number of hydrogen-bond acceptors (Lipinski definition) is 5. The summed E-state index contributed by atoms with van der Waals surface area (Å²) in [6.45, 7) is 4.03. The third-order valence-electron chi connectivity index (χ3n) is 7.20. The number of fused-ring (bicyclic) bond motifs is 1. The van der Waals surface area contributed by atoms with Crippen LogP contribution in [0, 0.1) is 0 Å². The van der Waals surface area contributed by atoms with Crippen molar-refractivity contribution < 1.29 is 9.53 Å². The van der Waals surface area contributed by atoms with E-state index in [0.29, 0.717) is 12.2 Å². The molecule has 3 aliphatic rings. The van der Waals surface area contributed by atoms with E-state index in [0.717, 1.165) is 82.0 Å². The predicted molar refractivity (Wildman–Crippen MR) is 121 cm³/mol. The lowest BCUT2D eigenvalue weighted by Crippen LogP contribution is -2.45. The van der Waals surface area contributed by atoms with Gasteiger partial charge in [0.2, 0.25) is 5.95 Å². The lowest BCUT2D eigenvalue weighted by molar-refractivity contribution is 0.0486. The average molecular weight is 421 g/mol. The van der Waals surface area contributed by atoms with Crippen LogP contribution < -0.4 is 10.2 Å². The molecule has 0 atom stereocenters. The average Bonchev–Trinajstić information content (AvgIpc) is 3.38. The summed E-state index contributed by atoms with van der Waals surface area (Å²) in [5, 5.41) is 3.27. The summed E-state index contributed by atoms with van der Waals surface area (Å²) in [6, 6.07) is 10.6.